The molecule has 0 aromatic carbocycles. The van der Waals surface area contributed by atoms with E-state index in [-0.39, 0.29) is 15.3 Å². The normalized spacial score (nSPS) is 23.0. The van der Waals surface area contributed by atoms with Crippen LogP contribution < -0.4 is 0 Å². The third kappa shape index (κ3) is 0.702. The zero-order valence-corrected chi connectivity index (χ0v) is 7.06. The standard InChI is InChI=1S/C8H6As/c1-6-5-9-8-4-2-3-7(6)8/h2-4H,1H3. The Morgan fingerprint density at radius 3 is 3.22 bits per heavy atom. The number of hydrogen-bond donors (Lipinski definition) is 0. The molecule has 1 aliphatic heterocycles. The molecule has 2 rings (SSSR count). The van der Waals surface area contributed by atoms with Crippen molar-refractivity contribution in [2.45, 2.75) is 6.92 Å². The van der Waals surface area contributed by atoms with E-state index in [4.69, 9.17) is 0 Å². The monoisotopic (exact) mass is 177 g/mol. The molecule has 0 saturated carbocycles. The summed E-state index contributed by atoms with van der Waals surface area (Å²) in [6.07, 6.45) is 6.52. The molecule has 0 N–H and O–H groups in total. The van der Waals surface area contributed by atoms with E-state index in [1.165, 1.54) is 15.5 Å². The van der Waals surface area contributed by atoms with Gasteiger partial charge in [-0.2, -0.15) is 0 Å². The van der Waals surface area contributed by atoms with Crippen LogP contribution in [0.25, 0.3) is 0 Å². The first-order valence-electron chi connectivity index (χ1n) is 2.94. The summed E-state index contributed by atoms with van der Waals surface area (Å²) in [5.74, 6) is 0. The Hall–Kier alpha value is -0.352. The molecule has 1 heteroatoms. The third-order valence-electron chi connectivity index (χ3n) is 1.54. The maximum atomic E-state index is 3.38. The van der Waals surface area contributed by atoms with Gasteiger partial charge in [0.2, 0.25) is 0 Å². The Labute approximate surface area is 61.2 Å². The summed E-state index contributed by atoms with van der Waals surface area (Å²) in [7, 11) is 0. The van der Waals surface area contributed by atoms with Gasteiger partial charge in [-0.3, -0.25) is 0 Å². The predicted molar refractivity (Wildman–Crippen MR) is 40.4 cm³/mol. The van der Waals surface area contributed by atoms with Crippen LogP contribution in [0, 0.1) is 4.86 Å². The van der Waals surface area contributed by atoms with Gasteiger partial charge in [-0.25, -0.2) is 0 Å². The van der Waals surface area contributed by atoms with Crippen molar-refractivity contribution in [3.63, 3.8) is 0 Å². The second kappa shape index (κ2) is 1.81. The molecule has 1 aliphatic carbocycles. The van der Waals surface area contributed by atoms with Crippen LogP contribution in [0.15, 0.2) is 29.4 Å². The van der Waals surface area contributed by atoms with Gasteiger partial charge in [-0.1, -0.05) is 0 Å². The minimum atomic E-state index is 0.264. The molecule has 1 heterocycles. The van der Waals surface area contributed by atoms with E-state index < -0.39 is 0 Å². The van der Waals surface area contributed by atoms with E-state index in [9.17, 15) is 0 Å². The molecule has 0 nitrogen and oxygen atoms in total. The molecule has 0 aromatic rings. The van der Waals surface area contributed by atoms with Gasteiger partial charge in [0.1, 0.15) is 0 Å². The second-order valence-electron chi connectivity index (χ2n) is 2.17. The molecule has 0 spiro atoms. The van der Waals surface area contributed by atoms with Gasteiger partial charge in [0.25, 0.3) is 0 Å². The molecule has 0 unspecified atom stereocenters. The first-order chi connectivity index (χ1) is 4.38. The van der Waals surface area contributed by atoms with Gasteiger partial charge in [-0.05, 0) is 0 Å². The minimum absolute atomic E-state index is 0.264. The second-order valence-corrected chi connectivity index (χ2v) is 4.12. The van der Waals surface area contributed by atoms with Crippen LogP contribution in [0.2, 0.25) is 0 Å². The van der Waals surface area contributed by atoms with Crippen LogP contribution in [0.4, 0.5) is 0 Å². The first-order valence-corrected chi connectivity index (χ1v) is 4.82. The predicted octanol–water partition coefficient (Wildman–Crippen LogP) is 1.08. The zero-order valence-electron chi connectivity index (χ0n) is 5.18. The van der Waals surface area contributed by atoms with Crippen molar-refractivity contribution >= 4 is 19.6 Å². The fourth-order valence-corrected chi connectivity index (χ4v) is 2.98. The van der Waals surface area contributed by atoms with Crippen molar-refractivity contribution in [3.8, 4) is 0 Å². The van der Waals surface area contributed by atoms with Crippen molar-refractivity contribution in [1.29, 1.82) is 0 Å². The Kier molecular flexibility index (Phi) is 1.10. The molecule has 1 radical (unpaired) electrons. The molecule has 0 amide bonds. The van der Waals surface area contributed by atoms with Gasteiger partial charge in [0.15, 0.2) is 0 Å². The van der Waals surface area contributed by atoms with E-state index in [1.807, 2.05) is 0 Å². The Morgan fingerprint density at radius 1 is 1.56 bits per heavy atom. The topological polar surface area (TPSA) is 0 Å². The van der Waals surface area contributed by atoms with Crippen LogP contribution in [0.1, 0.15) is 6.92 Å². The molecule has 0 fully saturated rings. The fraction of sp³-hybridized carbons (Fsp3) is 0.125. The molecule has 43 valence electrons. The number of rotatable bonds is 0. The van der Waals surface area contributed by atoms with E-state index >= 15 is 0 Å². The van der Waals surface area contributed by atoms with Crippen molar-refractivity contribution in [1.82, 2.24) is 0 Å². The molecule has 2 aliphatic rings. The molecule has 0 saturated heterocycles. The van der Waals surface area contributed by atoms with Crippen molar-refractivity contribution in [2.75, 3.05) is 0 Å². The number of hydrogen-bond acceptors (Lipinski definition) is 0. The Balaban J connectivity index is 2.53. The average Bonchev–Trinajstić information content (AvgIpc) is 2.35. The van der Waals surface area contributed by atoms with Crippen molar-refractivity contribution < 1.29 is 0 Å². The van der Waals surface area contributed by atoms with Gasteiger partial charge in [0.05, 0.1) is 0 Å². The maximum absolute atomic E-state index is 3.38. The van der Waals surface area contributed by atoms with Crippen molar-refractivity contribution in [2.24, 2.45) is 0 Å². The third-order valence-corrected chi connectivity index (χ3v) is 3.80. The van der Waals surface area contributed by atoms with Crippen LogP contribution in [-0.2, 0) is 0 Å². The number of allylic oxidation sites excluding steroid dienone is 5. The molecule has 9 heavy (non-hydrogen) atoms. The van der Waals surface area contributed by atoms with Gasteiger partial charge < -0.3 is 0 Å². The van der Waals surface area contributed by atoms with E-state index in [0.29, 0.717) is 0 Å². The average molecular weight is 177 g/mol. The molecular weight excluding hydrogens is 171 g/mol. The first kappa shape index (κ1) is 5.43. The SMILES string of the molecule is CC1=[C][As]=C2C=CC=C12. The van der Waals surface area contributed by atoms with Gasteiger partial charge >= 0.3 is 60.8 Å². The van der Waals surface area contributed by atoms with E-state index in [2.05, 4.69) is 30.0 Å². The fourth-order valence-electron chi connectivity index (χ4n) is 1.03. The molecule has 0 bridgehead atoms. The van der Waals surface area contributed by atoms with Gasteiger partial charge in [0, 0.05) is 0 Å². The molecule has 0 atom stereocenters. The van der Waals surface area contributed by atoms with Gasteiger partial charge in [-0.15, -0.1) is 0 Å². The summed E-state index contributed by atoms with van der Waals surface area (Å²) >= 11 is 0.264. The molecule has 0 aromatic heterocycles. The summed E-state index contributed by atoms with van der Waals surface area (Å²) in [4.78, 5) is 3.38. The van der Waals surface area contributed by atoms with E-state index in [1.54, 1.807) is 0 Å². The van der Waals surface area contributed by atoms with Crippen LogP contribution in [0.5, 0.6) is 0 Å². The summed E-state index contributed by atoms with van der Waals surface area (Å²) in [6, 6.07) is 0. The summed E-state index contributed by atoms with van der Waals surface area (Å²) in [5.41, 5.74) is 2.80. The zero-order chi connectivity index (χ0) is 6.27. The quantitative estimate of drug-likeness (QED) is 0.485. The summed E-state index contributed by atoms with van der Waals surface area (Å²) in [5, 5.41) is 0. The van der Waals surface area contributed by atoms with Crippen molar-refractivity contribution in [3.05, 3.63) is 34.2 Å². The Bertz CT molecular complexity index is 264. The number of fused-ring (bicyclic) bond motifs is 1. The van der Waals surface area contributed by atoms with E-state index in [0.717, 1.165) is 0 Å². The summed E-state index contributed by atoms with van der Waals surface area (Å²) < 4.78 is 1.53. The van der Waals surface area contributed by atoms with Crippen LogP contribution in [0.3, 0.4) is 0 Å². The Morgan fingerprint density at radius 2 is 2.44 bits per heavy atom. The molecular formula is C8H6As. The van der Waals surface area contributed by atoms with Crippen LogP contribution >= 0.6 is 0 Å². The summed E-state index contributed by atoms with van der Waals surface area (Å²) in [6.45, 7) is 2.14. The van der Waals surface area contributed by atoms with Crippen LogP contribution in [-0.4, -0.2) is 19.6 Å².